The zero-order chi connectivity index (χ0) is 25.4. The van der Waals surface area contributed by atoms with Crippen LogP contribution in [-0.2, 0) is 19.1 Å². The van der Waals surface area contributed by atoms with Crippen molar-refractivity contribution in [1.29, 1.82) is 0 Å². The SMILES string of the molecule is CCOC(=O)N1CCN(C(=O)CNC(=O)c2cc(OC(CC)C(=O)OC)c3ccccc3n2)CC1. The lowest BCUT2D eigenvalue weighted by Crippen LogP contribution is -2.52. The lowest BCUT2D eigenvalue weighted by Gasteiger charge is -2.34. The Morgan fingerprint density at radius 3 is 2.40 bits per heavy atom. The lowest BCUT2D eigenvalue weighted by atomic mass is 10.1. The molecule has 11 nitrogen and oxygen atoms in total. The van der Waals surface area contributed by atoms with Crippen LogP contribution in [0, 0.1) is 0 Å². The van der Waals surface area contributed by atoms with Gasteiger partial charge in [-0.2, -0.15) is 0 Å². The first-order valence-electron chi connectivity index (χ1n) is 11.5. The number of benzene rings is 1. The summed E-state index contributed by atoms with van der Waals surface area (Å²) in [6, 6.07) is 8.54. The molecule has 2 heterocycles. The van der Waals surface area contributed by atoms with Crippen molar-refractivity contribution >= 4 is 34.8 Å². The number of esters is 1. The topological polar surface area (TPSA) is 127 Å². The van der Waals surface area contributed by atoms with Crippen LogP contribution in [0.4, 0.5) is 4.79 Å². The quantitative estimate of drug-likeness (QED) is 0.558. The molecule has 0 spiro atoms. The van der Waals surface area contributed by atoms with E-state index in [1.807, 2.05) is 0 Å². The van der Waals surface area contributed by atoms with Gasteiger partial charge in [0.2, 0.25) is 5.91 Å². The molecule has 11 heteroatoms. The monoisotopic (exact) mass is 486 g/mol. The summed E-state index contributed by atoms with van der Waals surface area (Å²) in [5.41, 5.74) is 0.564. The van der Waals surface area contributed by atoms with Gasteiger partial charge in [0.1, 0.15) is 11.4 Å². The van der Waals surface area contributed by atoms with Crippen molar-refractivity contribution < 1.29 is 33.4 Å². The Balaban J connectivity index is 1.66. The molecule has 0 saturated carbocycles. The van der Waals surface area contributed by atoms with E-state index in [0.29, 0.717) is 55.9 Å². The molecule has 1 aliphatic rings. The van der Waals surface area contributed by atoms with Crippen LogP contribution in [0.2, 0.25) is 0 Å². The second-order valence-corrected chi connectivity index (χ2v) is 7.81. The molecule has 1 unspecified atom stereocenters. The maximum Gasteiger partial charge on any atom is 0.409 e. The standard InChI is InChI=1S/C24H30N4O7/c1-4-19(23(31)33-3)35-20-14-18(26-17-9-7-6-8-16(17)20)22(30)25-15-21(29)27-10-12-28(13-11-27)24(32)34-5-2/h6-9,14,19H,4-5,10-13,15H2,1-3H3,(H,25,30). The smallest absolute Gasteiger partial charge is 0.409 e. The molecule has 1 aromatic heterocycles. The number of carbonyl (C=O) groups excluding carboxylic acids is 4. The van der Waals surface area contributed by atoms with Crippen molar-refractivity contribution in [3.05, 3.63) is 36.0 Å². The van der Waals surface area contributed by atoms with Crippen LogP contribution < -0.4 is 10.1 Å². The van der Waals surface area contributed by atoms with Crippen molar-refractivity contribution in [3.8, 4) is 5.75 Å². The third-order valence-corrected chi connectivity index (χ3v) is 5.57. The number of nitrogens with one attached hydrogen (secondary N) is 1. The predicted molar refractivity (Wildman–Crippen MR) is 126 cm³/mol. The van der Waals surface area contributed by atoms with Gasteiger partial charge in [-0.25, -0.2) is 14.6 Å². The molecule has 0 aliphatic carbocycles. The van der Waals surface area contributed by atoms with E-state index in [1.54, 1.807) is 47.9 Å². The zero-order valence-corrected chi connectivity index (χ0v) is 20.1. The lowest BCUT2D eigenvalue weighted by molar-refractivity contribution is -0.148. The predicted octanol–water partition coefficient (Wildman–Crippen LogP) is 1.60. The number of nitrogens with zero attached hydrogens (tertiary/aromatic N) is 3. The number of pyridine rings is 1. The number of rotatable bonds is 8. The molecule has 0 radical (unpaired) electrons. The molecule has 3 rings (SSSR count). The Kier molecular flexibility index (Phi) is 8.82. The first kappa shape index (κ1) is 25.7. The molecule has 188 valence electrons. The third kappa shape index (κ3) is 6.37. The van der Waals surface area contributed by atoms with Gasteiger partial charge in [-0.3, -0.25) is 9.59 Å². The minimum Gasteiger partial charge on any atom is -0.478 e. The molecule has 1 aliphatic heterocycles. The normalized spacial score (nSPS) is 14.3. The third-order valence-electron chi connectivity index (χ3n) is 5.57. The molecule has 35 heavy (non-hydrogen) atoms. The zero-order valence-electron chi connectivity index (χ0n) is 20.1. The highest BCUT2D eigenvalue weighted by Gasteiger charge is 2.26. The summed E-state index contributed by atoms with van der Waals surface area (Å²) in [5.74, 6) is -1.02. The summed E-state index contributed by atoms with van der Waals surface area (Å²) in [7, 11) is 1.28. The number of fused-ring (bicyclic) bond motifs is 1. The second kappa shape index (κ2) is 12.0. The average Bonchev–Trinajstić information content (AvgIpc) is 2.89. The van der Waals surface area contributed by atoms with Crippen LogP contribution in [0.15, 0.2) is 30.3 Å². The van der Waals surface area contributed by atoms with Gasteiger partial charge in [-0.15, -0.1) is 0 Å². The molecule has 1 aromatic carbocycles. The number of methoxy groups -OCH3 is 1. The Labute approximate surface area is 203 Å². The Morgan fingerprint density at radius 2 is 1.74 bits per heavy atom. The van der Waals surface area contributed by atoms with Gasteiger partial charge >= 0.3 is 12.1 Å². The number of carbonyl (C=O) groups is 4. The number of para-hydroxylation sites is 1. The molecule has 2 aromatic rings. The number of piperazine rings is 1. The van der Waals surface area contributed by atoms with Gasteiger partial charge < -0.3 is 29.3 Å². The van der Waals surface area contributed by atoms with Gasteiger partial charge in [0, 0.05) is 37.6 Å². The summed E-state index contributed by atoms with van der Waals surface area (Å²) < 4.78 is 15.6. The van der Waals surface area contributed by atoms with Crippen molar-refractivity contribution in [1.82, 2.24) is 20.1 Å². The summed E-state index contributed by atoms with van der Waals surface area (Å²) >= 11 is 0. The molecule has 3 amide bonds. The van der Waals surface area contributed by atoms with Gasteiger partial charge in [-0.1, -0.05) is 19.1 Å². The fourth-order valence-corrected chi connectivity index (χ4v) is 3.65. The van der Waals surface area contributed by atoms with Crippen LogP contribution in [0.1, 0.15) is 30.8 Å². The molecule has 1 saturated heterocycles. The van der Waals surface area contributed by atoms with E-state index < -0.39 is 24.1 Å². The van der Waals surface area contributed by atoms with Crippen molar-refractivity contribution in [2.75, 3.05) is 46.4 Å². The van der Waals surface area contributed by atoms with Crippen molar-refractivity contribution in [3.63, 3.8) is 0 Å². The molecule has 1 fully saturated rings. The summed E-state index contributed by atoms with van der Waals surface area (Å²) in [6.45, 7) is 5.04. The van der Waals surface area contributed by atoms with Crippen LogP contribution in [0.3, 0.4) is 0 Å². The van der Waals surface area contributed by atoms with E-state index in [0.717, 1.165) is 0 Å². The molecular weight excluding hydrogens is 456 g/mol. The number of hydrogen-bond acceptors (Lipinski definition) is 8. The second-order valence-electron chi connectivity index (χ2n) is 7.81. The maximum absolute atomic E-state index is 12.8. The number of amides is 3. The molecule has 1 N–H and O–H groups in total. The highest BCUT2D eigenvalue weighted by molar-refractivity contribution is 5.98. The van der Waals surface area contributed by atoms with E-state index in [2.05, 4.69) is 10.3 Å². The fraction of sp³-hybridized carbons (Fsp3) is 0.458. The van der Waals surface area contributed by atoms with Gasteiger partial charge in [0.05, 0.1) is 25.8 Å². The summed E-state index contributed by atoms with van der Waals surface area (Å²) in [5, 5.41) is 3.24. The van der Waals surface area contributed by atoms with E-state index in [4.69, 9.17) is 14.2 Å². The van der Waals surface area contributed by atoms with Crippen LogP contribution >= 0.6 is 0 Å². The number of ether oxygens (including phenoxy) is 3. The van der Waals surface area contributed by atoms with Crippen LogP contribution in [-0.4, -0.2) is 91.2 Å². The Morgan fingerprint density at radius 1 is 1.06 bits per heavy atom. The summed E-state index contributed by atoms with van der Waals surface area (Å²) in [4.78, 5) is 56.7. The van der Waals surface area contributed by atoms with Crippen LogP contribution in [0.5, 0.6) is 5.75 Å². The van der Waals surface area contributed by atoms with E-state index in [9.17, 15) is 19.2 Å². The van der Waals surface area contributed by atoms with Gasteiger partial charge in [-0.05, 0) is 25.5 Å². The molecular formula is C24H30N4O7. The van der Waals surface area contributed by atoms with E-state index in [1.165, 1.54) is 13.2 Å². The number of aromatic nitrogens is 1. The Bertz CT molecular complexity index is 1080. The first-order chi connectivity index (χ1) is 16.9. The minimum atomic E-state index is -0.837. The van der Waals surface area contributed by atoms with E-state index in [-0.39, 0.29) is 18.1 Å². The molecule has 0 bridgehead atoms. The summed E-state index contributed by atoms with van der Waals surface area (Å²) in [6.07, 6.45) is -0.856. The molecule has 1 atom stereocenters. The van der Waals surface area contributed by atoms with Crippen LogP contribution in [0.25, 0.3) is 10.9 Å². The average molecular weight is 487 g/mol. The fourth-order valence-electron chi connectivity index (χ4n) is 3.65. The minimum absolute atomic E-state index is 0.0540. The first-order valence-corrected chi connectivity index (χ1v) is 11.5. The largest absolute Gasteiger partial charge is 0.478 e. The Hall–Kier alpha value is -3.89. The number of hydrogen-bond donors (Lipinski definition) is 1. The van der Waals surface area contributed by atoms with Crippen molar-refractivity contribution in [2.24, 2.45) is 0 Å². The van der Waals surface area contributed by atoms with Gasteiger partial charge in [0.25, 0.3) is 5.91 Å². The maximum atomic E-state index is 12.8. The van der Waals surface area contributed by atoms with E-state index >= 15 is 0 Å². The van der Waals surface area contributed by atoms with Crippen molar-refractivity contribution in [2.45, 2.75) is 26.4 Å². The highest BCUT2D eigenvalue weighted by atomic mass is 16.6. The van der Waals surface area contributed by atoms with Gasteiger partial charge in [0.15, 0.2) is 6.10 Å². The highest BCUT2D eigenvalue weighted by Crippen LogP contribution is 2.27.